The molecule has 174 valence electrons. The molecule has 6 nitrogen and oxygen atoms in total. The fraction of sp³-hybridized carbons (Fsp3) is 0.423. The van der Waals surface area contributed by atoms with E-state index in [1.165, 1.54) is 0 Å². The third kappa shape index (κ3) is 5.22. The van der Waals surface area contributed by atoms with E-state index in [4.69, 9.17) is 16.1 Å². The fourth-order valence-corrected chi connectivity index (χ4v) is 4.49. The largest absolute Gasteiger partial charge is 0.339 e. The van der Waals surface area contributed by atoms with Gasteiger partial charge < -0.3 is 14.7 Å². The summed E-state index contributed by atoms with van der Waals surface area (Å²) in [7, 11) is 0. The summed E-state index contributed by atoms with van der Waals surface area (Å²) in [5.41, 5.74) is 4.11. The minimum atomic E-state index is -0.0767. The lowest BCUT2D eigenvalue weighted by Gasteiger charge is -2.32. The van der Waals surface area contributed by atoms with Gasteiger partial charge in [-0.15, -0.1) is 0 Å². The number of para-hydroxylation sites is 1. The summed E-state index contributed by atoms with van der Waals surface area (Å²) in [6, 6.07) is 13.5. The van der Waals surface area contributed by atoms with Crippen molar-refractivity contribution in [1.29, 1.82) is 0 Å². The van der Waals surface area contributed by atoms with Gasteiger partial charge in [0.05, 0.1) is 5.92 Å². The number of benzene rings is 2. The Bertz CT molecular complexity index is 1080. The molecule has 1 fully saturated rings. The average molecular weight is 467 g/mol. The standard InChI is InChI=1S/C26H31ClN4O2/c1-16(2)21-8-5-9-22(17(3)4)23(21)28-26(32)31-14-6-7-19(15-31)25-29-24(30-33-25)18-10-12-20(27)13-11-18/h5,8-13,16-17,19H,6-7,14-15H2,1-4H3,(H,28,32). The van der Waals surface area contributed by atoms with Gasteiger partial charge in [0.15, 0.2) is 0 Å². The molecule has 0 spiro atoms. The number of anilines is 1. The van der Waals surface area contributed by atoms with Crippen LogP contribution in [0, 0.1) is 0 Å². The highest BCUT2D eigenvalue weighted by molar-refractivity contribution is 6.30. The van der Waals surface area contributed by atoms with Gasteiger partial charge in [0, 0.05) is 29.4 Å². The number of carbonyl (C=O) groups excluding carboxylic acids is 1. The SMILES string of the molecule is CC(C)c1cccc(C(C)C)c1NC(=O)N1CCCC(c2nc(-c3ccc(Cl)cc3)no2)C1. The van der Waals surface area contributed by atoms with E-state index < -0.39 is 0 Å². The number of aromatic nitrogens is 2. The first-order valence-corrected chi connectivity index (χ1v) is 12.0. The number of nitrogens with zero attached hydrogens (tertiary/aromatic N) is 3. The fourth-order valence-electron chi connectivity index (χ4n) is 4.36. The minimum absolute atomic E-state index is 0.0166. The number of hydrogen-bond acceptors (Lipinski definition) is 4. The van der Waals surface area contributed by atoms with Gasteiger partial charge in [-0.25, -0.2) is 4.79 Å². The molecular weight excluding hydrogens is 436 g/mol. The first kappa shape index (κ1) is 23.3. The molecule has 0 bridgehead atoms. The number of carbonyl (C=O) groups is 1. The lowest BCUT2D eigenvalue weighted by Crippen LogP contribution is -2.42. The van der Waals surface area contributed by atoms with Gasteiger partial charge >= 0.3 is 6.03 Å². The number of urea groups is 1. The second-order valence-corrected chi connectivity index (χ2v) is 9.74. The third-order valence-electron chi connectivity index (χ3n) is 6.21. The van der Waals surface area contributed by atoms with Crippen LogP contribution in [-0.4, -0.2) is 34.2 Å². The zero-order valence-corrected chi connectivity index (χ0v) is 20.4. The predicted molar refractivity (Wildman–Crippen MR) is 132 cm³/mol. The normalized spacial score (nSPS) is 16.5. The molecule has 1 saturated heterocycles. The van der Waals surface area contributed by atoms with E-state index in [9.17, 15) is 4.79 Å². The van der Waals surface area contributed by atoms with Crippen molar-refractivity contribution in [1.82, 2.24) is 15.0 Å². The Labute approximate surface area is 200 Å². The molecule has 33 heavy (non-hydrogen) atoms. The maximum atomic E-state index is 13.3. The summed E-state index contributed by atoms with van der Waals surface area (Å²) in [6.45, 7) is 9.87. The van der Waals surface area contributed by atoms with Crippen LogP contribution in [0.1, 0.15) is 75.3 Å². The zero-order valence-electron chi connectivity index (χ0n) is 19.6. The number of hydrogen-bond donors (Lipinski definition) is 1. The van der Waals surface area contributed by atoms with Gasteiger partial charge in [-0.05, 0) is 60.1 Å². The van der Waals surface area contributed by atoms with Gasteiger partial charge in [0.2, 0.25) is 11.7 Å². The van der Waals surface area contributed by atoms with Gasteiger partial charge in [0.25, 0.3) is 0 Å². The smallest absolute Gasteiger partial charge is 0.321 e. The van der Waals surface area contributed by atoms with Crippen molar-refractivity contribution in [3.8, 4) is 11.4 Å². The molecule has 1 unspecified atom stereocenters. The Morgan fingerprint density at radius 2 is 1.76 bits per heavy atom. The Hall–Kier alpha value is -2.86. The van der Waals surface area contributed by atoms with E-state index in [-0.39, 0.29) is 11.9 Å². The van der Waals surface area contributed by atoms with Gasteiger partial charge in [-0.2, -0.15) is 4.98 Å². The van der Waals surface area contributed by atoms with Crippen molar-refractivity contribution in [2.24, 2.45) is 0 Å². The molecule has 0 saturated carbocycles. The highest BCUT2D eigenvalue weighted by Crippen LogP contribution is 2.33. The molecule has 1 aromatic heterocycles. The molecule has 0 radical (unpaired) electrons. The van der Waals surface area contributed by atoms with E-state index in [0.717, 1.165) is 35.2 Å². The number of nitrogens with one attached hydrogen (secondary N) is 1. The van der Waals surface area contributed by atoms with Crippen LogP contribution in [0.2, 0.25) is 5.02 Å². The average Bonchev–Trinajstić information content (AvgIpc) is 3.30. The molecule has 2 aromatic carbocycles. The molecular formula is C26H31ClN4O2. The van der Waals surface area contributed by atoms with Crippen LogP contribution >= 0.6 is 11.6 Å². The van der Waals surface area contributed by atoms with Gasteiger partial charge in [-0.1, -0.05) is 62.7 Å². The Balaban J connectivity index is 1.50. The second kappa shape index (κ2) is 9.96. The Morgan fingerprint density at radius 3 is 2.39 bits per heavy atom. The van der Waals surface area contributed by atoms with Gasteiger partial charge in [0.1, 0.15) is 0 Å². The first-order chi connectivity index (χ1) is 15.8. The molecule has 0 aliphatic carbocycles. The molecule has 2 heterocycles. The van der Waals surface area contributed by atoms with Crippen LogP contribution in [0.5, 0.6) is 0 Å². The molecule has 1 atom stereocenters. The molecule has 4 rings (SSSR count). The van der Waals surface area contributed by atoms with E-state index in [1.807, 2.05) is 17.0 Å². The van der Waals surface area contributed by atoms with E-state index in [2.05, 4.69) is 61.4 Å². The summed E-state index contributed by atoms with van der Waals surface area (Å²) < 4.78 is 5.58. The maximum Gasteiger partial charge on any atom is 0.321 e. The summed E-state index contributed by atoms with van der Waals surface area (Å²) in [5.74, 6) is 1.76. The lowest BCUT2D eigenvalue weighted by atomic mass is 9.92. The van der Waals surface area contributed by atoms with Crippen LogP contribution in [0.4, 0.5) is 10.5 Å². The van der Waals surface area contributed by atoms with Crippen molar-refractivity contribution >= 4 is 23.3 Å². The van der Waals surface area contributed by atoms with Crippen molar-refractivity contribution in [3.05, 3.63) is 64.5 Å². The predicted octanol–water partition coefficient (Wildman–Crippen LogP) is 7.05. The zero-order chi connectivity index (χ0) is 23.5. The van der Waals surface area contributed by atoms with E-state index in [0.29, 0.717) is 41.7 Å². The minimum Gasteiger partial charge on any atom is -0.339 e. The quantitative estimate of drug-likeness (QED) is 0.437. The maximum absolute atomic E-state index is 13.3. The molecule has 1 N–H and O–H groups in total. The Morgan fingerprint density at radius 1 is 1.09 bits per heavy atom. The monoisotopic (exact) mass is 466 g/mol. The van der Waals surface area contributed by atoms with Crippen LogP contribution < -0.4 is 5.32 Å². The first-order valence-electron chi connectivity index (χ1n) is 11.6. The Kier molecular flexibility index (Phi) is 7.03. The number of rotatable bonds is 5. The number of amides is 2. The third-order valence-corrected chi connectivity index (χ3v) is 6.46. The van der Waals surface area contributed by atoms with Crippen LogP contribution in [0.15, 0.2) is 47.0 Å². The summed E-state index contributed by atoms with van der Waals surface area (Å²) in [4.78, 5) is 19.8. The van der Waals surface area contributed by atoms with Crippen molar-refractivity contribution in [2.75, 3.05) is 18.4 Å². The van der Waals surface area contributed by atoms with E-state index in [1.54, 1.807) is 12.1 Å². The topological polar surface area (TPSA) is 71.3 Å². The molecule has 1 aliphatic rings. The number of piperidine rings is 1. The highest BCUT2D eigenvalue weighted by atomic mass is 35.5. The van der Waals surface area contributed by atoms with Crippen molar-refractivity contribution < 1.29 is 9.32 Å². The molecule has 1 aliphatic heterocycles. The number of halogens is 1. The second-order valence-electron chi connectivity index (χ2n) is 9.30. The van der Waals surface area contributed by atoms with Crippen LogP contribution in [0.3, 0.4) is 0 Å². The van der Waals surface area contributed by atoms with Crippen LogP contribution in [0.25, 0.3) is 11.4 Å². The van der Waals surface area contributed by atoms with E-state index >= 15 is 0 Å². The van der Waals surface area contributed by atoms with Crippen LogP contribution in [-0.2, 0) is 0 Å². The van der Waals surface area contributed by atoms with Crippen molar-refractivity contribution in [3.63, 3.8) is 0 Å². The molecule has 2 amide bonds. The molecule has 3 aromatic rings. The number of likely N-dealkylation sites (tertiary alicyclic amines) is 1. The molecule has 7 heteroatoms. The summed E-state index contributed by atoms with van der Waals surface area (Å²) in [6.07, 6.45) is 1.80. The van der Waals surface area contributed by atoms with Crippen molar-refractivity contribution in [2.45, 2.75) is 58.3 Å². The summed E-state index contributed by atoms with van der Waals surface area (Å²) >= 11 is 5.98. The highest BCUT2D eigenvalue weighted by Gasteiger charge is 2.29. The lowest BCUT2D eigenvalue weighted by molar-refractivity contribution is 0.184. The van der Waals surface area contributed by atoms with Gasteiger partial charge in [-0.3, -0.25) is 0 Å². The summed E-state index contributed by atoms with van der Waals surface area (Å²) in [5, 5.41) is 8.03.